The van der Waals surface area contributed by atoms with Gasteiger partial charge in [-0.15, -0.1) is 0 Å². The van der Waals surface area contributed by atoms with Crippen LogP contribution in [0.3, 0.4) is 0 Å². The molecular weight excluding hydrogens is 358 g/mol. The molecule has 0 unspecified atom stereocenters. The Kier molecular flexibility index (Phi) is 19.8. The molecule has 0 aliphatic rings. The second-order valence-corrected chi connectivity index (χ2v) is 7.76. The van der Waals surface area contributed by atoms with Crippen molar-refractivity contribution in [1.29, 1.82) is 0 Å². The number of hydrogen-bond donors (Lipinski definition) is 4. The van der Waals surface area contributed by atoms with E-state index in [0.717, 1.165) is 28.5 Å². The summed E-state index contributed by atoms with van der Waals surface area (Å²) in [5.74, 6) is 0.888. The highest BCUT2D eigenvalue weighted by Gasteiger charge is 1.96. The maximum atomic E-state index is 9.76. The van der Waals surface area contributed by atoms with Crippen molar-refractivity contribution in [1.82, 2.24) is 5.32 Å². The summed E-state index contributed by atoms with van der Waals surface area (Å²) >= 11 is 1.22. The first kappa shape index (κ1) is 27.7. The van der Waals surface area contributed by atoms with Gasteiger partial charge in [-0.25, -0.2) is 4.79 Å². The summed E-state index contributed by atoms with van der Waals surface area (Å²) in [6, 6.07) is 7.43. The van der Waals surface area contributed by atoms with Gasteiger partial charge < -0.3 is 16.2 Å². The number of aliphatic carboxylic acids is 1. The number of nitrogens with two attached hydrogens (primary N) is 2. The normalized spacial score (nSPS) is 10.4. The average Bonchev–Trinajstić information content (AvgIpc) is 2.60. The van der Waals surface area contributed by atoms with Crippen LogP contribution >= 0.6 is 11.9 Å². The van der Waals surface area contributed by atoms with Crippen molar-refractivity contribution in [2.75, 3.05) is 19.3 Å². The van der Waals surface area contributed by atoms with Gasteiger partial charge in [-0.1, -0.05) is 59.5 Å². The number of carboxylic acids is 1. The molecule has 0 spiro atoms. The lowest BCUT2D eigenvalue weighted by molar-refractivity contribution is -0.131. The minimum atomic E-state index is -0.903. The summed E-state index contributed by atoms with van der Waals surface area (Å²) in [7, 11) is 1.76. The zero-order valence-corrected chi connectivity index (χ0v) is 18.4. The Balaban J connectivity index is 0. The molecule has 0 bridgehead atoms. The Morgan fingerprint density at radius 3 is 1.93 bits per heavy atom. The van der Waals surface area contributed by atoms with Crippen LogP contribution in [-0.4, -0.2) is 24.7 Å². The lowest BCUT2D eigenvalue weighted by atomic mass is 10.0. The third kappa shape index (κ3) is 24.5. The van der Waals surface area contributed by atoms with Crippen LogP contribution in [0.15, 0.2) is 41.3 Å². The van der Waals surface area contributed by atoms with Gasteiger partial charge in [0.05, 0.1) is 0 Å². The Morgan fingerprint density at radius 1 is 1.11 bits per heavy atom. The van der Waals surface area contributed by atoms with Gasteiger partial charge in [-0.3, -0.25) is 5.14 Å². The van der Waals surface area contributed by atoms with Gasteiger partial charge in [-0.2, -0.15) is 0 Å². The van der Waals surface area contributed by atoms with E-state index in [1.165, 1.54) is 37.6 Å². The molecule has 0 aromatic heterocycles. The Hall–Kier alpha value is -1.50. The molecular formula is C21H39N3O2S. The Morgan fingerprint density at radius 2 is 1.59 bits per heavy atom. The molecule has 0 amide bonds. The van der Waals surface area contributed by atoms with Crippen LogP contribution in [0.4, 0.5) is 5.69 Å². The molecule has 0 aliphatic heterocycles. The minimum Gasteiger partial charge on any atom is -0.478 e. The number of likely N-dealkylation sites (N-methyl/N-ethyl adjacent to an activating group) is 1. The van der Waals surface area contributed by atoms with Crippen molar-refractivity contribution >= 4 is 23.6 Å². The number of nitrogens with one attached hydrogen (secondary N) is 1. The van der Waals surface area contributed by atoms with Gasteiger partial charge in [0.1, 0.15) is 0 Å². The van der Waals surface area contributed by atoms with Crippen molar-refractivity contribution in [3.8, 4) is 0 Å². The van der Waals surface area contributed by atoms with Gasteiger partial charge in [0.2, 0.25) is 0 Å². The summed E-state index contributed by atoms with van der Waals surface area (Å²) in [6.07, 6.45) is 8.32. The number of carboxylic acid groups (broad SMARTS) is 1. The summed E-state index contributed by atoms with van der Waals surface area (Å²) in [5.41, 5.74) is 6.20. The molecule has 6 heteroatoms. The topological polar surface area (TPSA) is 101 Å². The van der Waals surface area contributed by atoms with E-state index < -0.39 is 5.97 Å². The average molecular weight is 398 g/mol. The number of nitrogen functional groups attached to an aromatic ring is 1. The fourth-order valence-electron chi connectivity index (χ4n) is 1.93. The maximum Gasteiger partial charge on any atom is 0.328 e. The Labute approximate surface area is 170 Å². The van der Waals surface area contributed by atoms with Crippen molar-refractivity contribution in [2.24, 2.45) is 17.0 Å². The first-order chi connectivity index (χ1) is 12.7. The zero-order chi connectivity index (χ0) is 21.1. The van der Waals surface area contributed by atoms with Crippen LogP contribution in [-0.2, 0) is 4.79 Å². The summed E-state index contributed by atoms with van der Waals surface area (Å²) in [5, 5.41) is 16.1. The molecule has 0 heterocycles. The number of carbonyl (C=O) groups is 1. The fourth-order valence-corrected chi connectivity index (χ4v) is 2.22. The van der Waals surface area contributed by atoms with E-state index in [4.69, 9.17) is 16.0 Å². The molecule has 1 rings (SSSR count). The smallest absolute Gasteiger partial charge is 0.328 e. The first-order valence-corrected chi connectivity index (χ1v) is 10.4. The molecule has 0 aliphatic carbocycles. The number of benzene rings is 1. The highest BCUT2D eigenvalue weighted by atomic mass is 32.2. The van der Waals surface area contributed by atoms with Gasteiger partial charge in [0, 0.05) is 23.2 Å². The first-order valence-electron chi connectivity index (χ1n) is 9.49. The molecule has 0 fully saturated rings. The maximum absolute atomic E-state index is 9.76. The molecule has 27 heavy (non-hydrogen) atoms. The molecule has 0 saturated heterocycles. The van der Waals surface area contributed by atoms with Crippen LogP contribution in [0.25, 0.3) is 0 Å². The predicted molar refractivity (Wildman–Crippen MR) is 120 cm³/mol. The van der Waals surface area contributed by atoms with Crippen LogP contribution in [0.1, 0.15) is 53.4 Å². The van der Waals surface area contributed by atoms with E-state index >= 15 is 0 Å². The largest absolute Gasteiger partial charge is 0.478 e. The number of unbranched alkanes of at least 4 members (excludes halogenated alkanes) is 1. The van der Waals surface area contributed by atoms with Gasteiger partial charge in [-0.05, 0) is 55.1 Å². The minimum absolute atomic E-state index is 0.603. The number of hydrogen-bond acceptors (Lipinski definition) is 5. The van der Waals surface area contributed by atoms with E-state index in [0.29, 0.717) is 6.54 Å². The van der Waals surface area contributed by atoms with Crippen molar-refractivity contribution in [3.63, 3.8) is 0 Å². The van der Waals surface area contributed by atoms with E-state index in [1.54, 1.807) is 13.1 Å². The summed E-state index contributed by atoms with van der Waals surface area (Å²) in [4.78, 5) is 10.8. The second-order valence-electron chi connectivity index (χ2n) is 7.06. The highest BCUT2D eigenvalue weighted by Crippen LogP contribution is 2.13. The standard InChI is InChI=1S/C10H22.C6H8N2S.C5H9NO2/c1-9(2)7-5-6-8-10(3)4;7-5-1-3-6(9-8)4-2-5;1-6-4-2-3-5(7)8/h9-10H,5-8H2,1-4H3;1-4H,7-8H2;2-3,6H,4H2,1H3,(H,7,8)/b;;3-2+. The monoisotopic (exact) mass is 397 g/mol. The van der Waals surface area contributed by atoms with E-state index in [2.05, 4.69) is 33.0 Å². The van der Waals surface area contributed by atoms with E-state index in [9.17, 15) is 4.79 Å². The molecule has 0 atom stereocenters. The predicted octanol–water partition coefficient (Wildman–Crippen LogP) is 4.94. The van der Waals surface area contributed by atoms with E-state index in [1.807, 2.05) is 24.3 Å². The van der Waals surface area contributed by atoms with Crippen molar-refractivity contribution in [3.05, 3.63) is 36.4 Å². The molecule has 1 aromatic rings. The lowest BCUT2D eigenvalue weighted by Gasteiger charge is -2.05. The van der Waals surface area contributed by atoms with Gasteiger partial charge in [0.15, 0.2) is 0 Å². The third-order valence-electron chi connectivity index (χ3n) is 3.41. The fraction of sp³-hybridized carbons (Fsp3) is 0.571. The highest BCUT2D eigenvalue weighted by molar-refractivity contribution is 7.97. The molecule has 156 valence electrons. The van der Waals surface area contributed by atoms with Gasteiger partial charge in [0.25, 0.3) is 0 Å². The number of anilines is 1. The zero-order valence-electron chi connectivity index (χ0n) is 17.6. The van der Waals surface area contributed by atoms with Gasteiger partial charge >= 0.3 is 5.97 Å². The quantitative estimate of drug-likeness (QED) is 0.204. The Bertz CT molecular complexity index is 479. The van der Waals surface area contributed by atoms with Crippen molar-refractivity contribution in [2.45, 2.75) is 58.3 Å². The van der Waals surface area contributed by atoms with Crippen LogP contribution < -0.4 is 16.2 Å². The van der Waals surface area contributed by atoms with Crippen LogP contribution in [0.5, 0.6) is 0 Å². The third-order valence-corrected chi connectivity index (χ3v) is 3.96. The summed E-state index contributed by atoms with van der Waals surface area (Å²) < 4.78 is 0. The van der Waals surface area contributed by atoms with E-state index in [-0.39, 0.29) is 0 Å². The molecule has 0 radical (unpaired) electrons. The molecule has 6 N–H and O–H groups in total. The van der Waals surface area contributed by atoms with Crippen LogP contribution in [0, 0.1) is 11.8 Å². The van der Waals surface area contributed by atoms with Crippen molar-refractivity contribution < 1.29 is 9.90 Å². The SMILES string of the molecule is CC(C)CCCCC(C)C.CNC/C=C/C(=O)O.NSc1ccc(N)cc1. The molecule has 5 nitrogen and oxygen atoms in total. The molecule has 0 saturated carbocycles. The molecule has 1 aromatic carbocycles. The number of rotatable bonds is 9. The van der Waals surface area contributed by atoms with Crippen LogP contribution in [0.2, 0.25) is 0 Å². The summed E-state index contributed by atoms with van der Waals surface area (Å²) in [6.45, 7) is 9.81. The lowest BCUT2D eigenvalue weighted by Crippen LogP contribution is -2.04. The second kappa shape index (κ2) is 19.3.